The number of anilines is 1. The van der Waals surface area contributed by atoms with Crippen LogP contribution in [0.25, 0.3) is 0 Å². The van der Waals surface area contributed by atoms with Crippen molar-refractivity contribution in [2.24, 2.45) is 0 Å². The van der Waals surface area contributed by atoms with Crippen LogP contribution in [0.15, 0.2) is 18.3 Å². The molecular weight excluding hydrogens is 234 g/mol. The first kappa shape index (κ1) is 14.3. The quantitative estimate of drug-likeness (QED) is 0.881. The highest BCUT2D eigenvalue weighted by Gasteiger charge is 2.29. The van der Waals surface area contributed by atoms with Gasteiger partial charge in [0.1, 0.15) is 0 Å². The molecule has 2 atom stereocenters. The highest BCUT2D eigenvalue weighted by atomic mass is 15.2. The first-order valence-corrected chi connectivity index (χ1v) is 7.58. The molecule has 3 nitrogen and oxygen atoms in total. The third-order valence-corrected chi connectivity index (χ3v) is 4.05. The standard InChI is InChI=1S/C16H27N3/c1-5-15-7-6-13(4)19(15)16-8-9-17-14(10-16)11-18-12(2)3/h8-10,12-13,15,18H,5-7,11H2,1-4H3. The second-order valence-corrected chi connectivity index (χ2v) is 5.94. The molecule has 0 radical (unpaired) electrons. The summed E-state index contributed by atoms with van der Waals surface area (Å²) < 4.78 is 0. The summed E-state index contributed by atoms with van der Waals surface area (Å²) in [5.41, 5.74) is 2.48. The average molecular weight is 261 g/mol. The van der Waals surface area contributed by atoms with Crippen LogP contribution in [0.1, 0.15) is 52.7 Å². The largest absolute Gasteiger partial charge is 0.366 e. The summed E-state index contributed by atoms with van der Waals surface area (Å²) in [5, 5.41) is 3.43. The minimum atomic E-state index is 0.500. The first-order chi connectivity index (χ1) is 9.11. The number of rotatable bonds is 5. The topological polar surface area (TPSA) is 28.2 Å². The Balaban J connectivity index is 2.13. The second-order valence-electron chi connectivity index (χ2n) is 5.94. The zero-order valence-corrected chi connectivity index (χ0v) is 12.7. The zero-order valence-electron chi connectivity index (χ0n) is 12.7. The molecule has 0 amide bonds. The van der Waals surface area contributed by atoms with E-state index in [4.69, 9.17) is 0 Å². The number of nitrogens with zero attached hydrogens (tertiary/aromatic N) is 2. The van der Waals surface area contributed by atoms with Crippen molar-refractivity contribution >= 4 is 5.69 Å². The fourth-order valence-corrected chi connectivity index (χ4v) is 2.97. The van der Waals surface area contributed by atoms with Crippen LogP contribution in [-0.4, -0.2) is 23.1 Å². The SMILES string of the molecule is CCC1CCC(C)N1c1ccnc(CNC(C)C)c1. The minimum Gasteiger partial charge on any atom is -0.366 e. The van der Waals surface area contributed by atoms with Crippen molar-refractivity contribution in [3.8, 4) is 0 Å². The number of hydrogen-bond acceptors (Lipinski definition) is 3. The van der Waals surface area contributed by atoms with Crippen LogP contribution in [0.5, 0.6) is 0 Å². The van der Waals surface area contributed by atoms with E-state index in [-0.39, 0.29) is 0 Å². The van der Waals surface area contributed by atoms with Crippen molar-refractivity contribution in [1.29, 1.82) is 0 Å². The molecule has 2 heterocycles. The van der Waals surface area contributed by atoms with Gasteiger partial charge >= 0.3 is 0 Å². The van der Waals surface area contributed by atoms with Crippen molar-refractivity contribution in [2.75, 3.05) is 4.90 Å². The maximum Gasteiger partial charge on any atom is 0.0562 e. The molecule has 0 aromatic carbocycles. The third-order valence-electron chi connectivity index (χ3n) is 4.05. The molecule has 1 N–H and O–H groups in total. The molecule has 106 valence electrons. The Morgan fingerprint density at radius 3 is 2.89 bits per heavy atom. The Bertz CT molecular complexity index is 403. The van der Waals surface area contributed by atoms with E-state index in [1.165, 1.54) is 24.9 Å². The van der Waals surface area contributed by atoms with Gasteiger partial charge in [0.15, 0.2) is 0 Å². The van der Waals surface area contributed by atoms with Crippen molar-refractivity contribution < 1.29 is 0 Å². The molecule has 0 aliphatic carbocycles. The molecule has 1 aromatic heterocycles. The van der Waals surface area contributed by atoms with Crippen LogP contribution >= 0.6 is 0 Å². The molecule has 1 aromatic rings. The van der Waals surface area contributed by atoms with E-state index < -0.39 is 0 Å². The molecule has 0 spiro atoms. The summed E-state index contributed by atoms with van der Waals surface area (Å²) in [6.45, 7) is 9.81. The van der Waals surface area contributed by atoms with Crippen LogP contribution < -0.4 is 10.2 Å². The maximum atomic E-state index is 4.47. The lowest BCUT2D eigenvalue weighted by Crippen LogP contribution is -2.34. The molecular formula is C16H27N3. The smallest absolute Gasteiger partial charge is 0.0562 e. The van der Waals surface area contributed by atoms with Crippen LogP contribution in [0.4, 0.5) is 5.69 Å². The molecule has 1 aliphatic heterocycles. The van der Waals surface area contributed by atoms with Gasteiger partial charge in [-0.3, -0.25) is 4.98 Å². The Labute approximate surface area is 117 Å². The predicted molar refractivity (Wildman–Crippen MR) is 81.5 cm³/mol. The van der Waals surface area contributed by atoms with Gasteiger partial charge in [-0.25, -0.2) is 0 Å². The van der Waals surface area contributed by atoms with Gasteiger partial charge in [-0.15, -0.1) is 0 Å². The minimum absolute atomic E-state index is 0.500. The predicted octanol–water partition coefficient (Wildman–Crippen LogP) is 3.35. The summed E-state index contributed by atoms with van der Waals surface area (Å²) in [4.78, 5) is 7.05. The Morgan fingerprint density at radius 2 is 2.21 bits per heavy atom. The third kappa shape index (κ3) is 3.47. The van der Waals surface area contributed by atoms with Crippen molar-refractivity contribution in [1.82, 2.24) is 10.3 Å². The van der Waals surface area contributed by atoms with Gasteiger partial charge < -0.3 is 10.2 Å². The highest BCUT2D eigenvalue weighted by Crippen LogP contribution is 2.31. The lowest BCUT2D eigenvalue weighted by atomic mass is 10.1. The van der Waals surface area contributed by atoms with E-state index in [9.17, 15) is 0 Å². The molecule has 1 aliphatic rings. The van der Waals surface area contributed by atoms with E-state index in [2.05, 4.69) is 55.0 Å². The van der Waals surface area contributed by atoms with E-state index in [1.54, 1.807) is 0 Å². The molecule has 1 saturated heterocycles. The summed E-state index contributed by atoms with van der Waals surface area (Å²) in [6, 6.07) is 6.25. The van der Waals surface area contributed by atoms with Gasteiger partial charge in [-0.2, -0.15) is 0 Å². The molecule has 2 rings (SSSR count). The first-order valence-electron chi connectivity index (χ1n) is 7.58. The highest BCUT2D eigenvalue weighted by molar-refractivity contribution is 5.49. The van der Waals surface area contributed by atoms with Crippen LogP contribution in [0.3, 0.4) is 0 Å². The van der Waals surface area contributed by atoms with Gasteiger partial charge in [0.25, 0.3) is 0 Å². The lowest BCUT2D eigenvalue weighted by Gasteiger charge is -2.30. The monoisotopic (exact) mass is 261 g/mol. The van der Waals surface area contributed by atoms with E-state index in [1.807, 2.05) is 6.20 Å². The Morgan fingerprint density at radius 1 is 1.42 bits per heavy atom. The maximum absolute atomic E-state index is 4.47. The fraction of sp³-hybridized carbons (Fsp3) is 0.688. The van der Waals surface area contributed by atoms with Crippen molar-refractivity contribution in [3.05, 3.63) is 24.0 Å². The molecule has 1 fully saturated rings. The Hall–Kier alpha value is -1.09. The number of pyridine rings is 1. The molecule has 0 saturated carbocycles. The van der Waals surface area contributed by atoms with E-state index >= 15 is 0 Å². The zero-order chi connectivity index (χ0) is 13.8. The van der Waals surface area contributed by atoms with Crippen molar-refractivity contribution in [3.63, 3.8) is 0 Å². The summed E-state index contributed by atoms with van der Waals surface area (Å²) in [6.07, 6.45) is 5.80. The van der Waals surface area contributed by atoms with E-state index in [0.29, 0.717) is 18.1 Å². The molecule has 2 unspecified atom stereocenters. The van der Waals surface area contributed by atoms with Gasteiger partial charge in [0, 0.05) is 36.6 Å². The van der Waals surface area contributed by atoms with Crippen LogP contribution in [0, 0.1) is 0 Å². The van der Waals surface area contributed by atoms with Gasteiger partial charge in [-0.1, -0.05) is 20.8 Å². The summed E-state index contributed by atoms with van der Waals surface area (Å²) in [7, 11) is 0. The lowest BCUT2D eigenvalue weighted by molar-refractivity contribution is 0.580. The number of hydrogen-bond donors (Lipinski definition) is 1. The summed E-state index contributed by atoms with van der Waals surface area (Å²) in [5.74, 6) is 0. The average Bonchev–Trinajstić information content (AvgIpc) is 2.78. The molecule has 19 heavy (non-hydrogen) atoms. The van der Waals surface area contributed by atoms with E-state index in [0.717, 1.165) is 12.2 Å². The molecule has 3 heteroatoms. The van der Waals surface area contributed by atoms with Gasteiger partial charge in [-0.05, 0) is 38.3 Å². The molecule has 0 bridgehead atoms. The van der Waals surface area contributed by atoms with Crippen LogP contribution in [-0.2, 0) is 6.54 Å². The van der Waals surface area contributed by atoms with Gasteiger partial charge in [0.05, 0.1) is 5.69 Å². The fourth-order valence-electron chi connectivity index (χ4n) is 2.97. The van der Waals surface area contributed by atoms with Gasteiger partial charge in [0.2, 0.25) is 0 Å². The normalized spacial score (nSPS) is 23.3. The van der Waals surface area contributed by atoms with Crippen molar-refractivity contribution in [2.45, 2.75) is 71.6 Å². The second kappa shape index (κ2) is 6.38. The van der Waals surface area contributed by atoms with Crippen LogP contribution in [0.2, 0.25) is 0 Å². The Kier molecular flexibility index (Phi) is 4.81. The number of aromatic nitrogens is 1. The number of nitrogens with one attached hydrogen (secondary N) is 1. The summed E-state index contributed by atoms with van der Waals surface area (Å²) >= 11 is 0.